The second-order valence-electron chi connectivity index (χ2n) is 8.39. The number of hydrogen-bond donors (Lipinski definition) is 4. The van der Waals surface area contributed by atoms with E-state index < -0.39 is 82.5 Å². The van der Waals surface area contributed by atoms with Gasteiger partial charge in [0.25, 0.3) is 0 Å². The molecule has 2 unspecified atom stereocenters. The summed E-state index contributed by atoms with van der Waals surface area (Å²) in [7, 11) is 0. The fraction of sp³-hybridized carbons (Fsp3) is 0.450. The van der Waals surface area contributed by atoms with Crippen molar-refractivity contribution in [1.82, 2.24) is 0 Å². The van der Waals surface area contributed by atoms with Crippen molar-refractivity contribution in [2.24, 2.45) is 34.5 Å². The monoisotopic (exact) mass is 442 g/mol. The molecule has 32 heavy (non-hydrogen) atoms. The molecule has 3 aliphatic carbocycles. The van der Waals surface area contributed by atoms with Gasteiger partial charge in [0.2, 0.25) is 5.91 Å². The third-order valence-electron chi connectivity index (χ3n) is 6.97. The zero-order chi connectivity index (χ0) is 23.7. The van der Waals surface area contributed by atoms with Crippen LogP contribution < -0.4 is 5.73 Å². The van der Waals surface area contributed by atoms with Crippen LogP contribution in [-0.4, -0.2) is 56.1 Å². The first-order valence-electron chi connectivity index (χ1n) is 9.74. The number of azide groups is 1. The molecule has 12 heteroatoms. The predicted molar refractivity (Wildman–Crippen MR) is 103 cm³/mol. The van der Waals surface area contributed by atoms with Crippen LogP contribution in [0.25, 0.3) is 10.4 Å². The van der Waals surface area contributed by atoms with E-state index in [1.807, 2.05) is 0 Å². The Balaban J connectivity index is 1.94. The molecule has 1 aromatic rings. The van der Waals surface area contributed by atoms with Crippen LogP contribution in [0.3, 0.4) is 0 Å². The van der Waals surface area contributed by atoms with E-state index in [0.717, 1.165) is 6.07 Å². The first kappa shape index (κ1) is 21.6. The number of fused-ring (bicyclic) bond motifs is 3. The van der Waals surface area contributed by atoms with Crippen molar-refractivity contribution in [3.05, 3.63) is 33.7 Å². The smallest absolute Gasteiger partial charge is 0.235 e. The number of Topliss-reactive ketones (excluding diaryl/α,β-unsaturated/α-hetero) is 4. The molecule has 1 amide bonds. The maximum absolute atomic E-state index is 13.4. The maximum Gasteiger partial charge on any atom is 0.235 e. The highest BCUT2D eigenvalue weighted by molar-refractivity contribution is 6.31. The molecule has 4 rings (SSSR count). The first-order chi connectivity index (χ1) is 15.0. The third-order valence-corrected chi connectivity index (χ3v) is 6.97. The fourth-order valence-electron chi connectivity index (χ4n) is 5.55. The number of aliphatic hydroxyl groups is 2. The number of ketones is 4. The predicted octanol–water partition coefficient (Wildman–Crippen LogP) is -0.200. The lowest BCUT2D eigenvalue weighted by molar-refractivity contribution is -0.189. The Hall–Kier alpha value is -3.60. The number of hydrogen-bond acceptors (Lipinski definition) is 9. The van der Waals surface area contributed by atoms with Crippen molar-refractivity contribution in [2.45, 2.75) is 31.0 Å². The highest BCUT2D eigenvalue weighted by atomic mass is 16.3. The van der Waals surface area contributed by atoms with E-state index in [-0.39, 0.29) is 16.8 Å². The minimum atomic E-state index is -2.97. The second-order valence-corrected chi connectivity index (χ2v) is 8.39. The quantitative estimate of drug-likeness (QED) is 0.207. The number of phenolic OH excluding ortho intramolecular Hbond substituents is 1. The van der Waals surface area contributed by atoms with Crippen LogP contribution in [-0.2, 0) is 19.2 Å². The number of amides is 1. The zero-order valence-corrected chi connectivity index (χ0v) is 16.6. The second kappa shape index (κ2) is 6.95. The SMILES string of the molecule is C[C@H]1c2c(N=[N+]=[N-])ccc(O)c2C(=O)C2C(=O)[C@]3(O)C(=O)C(C(N)=O)C(=O)C[C@@H]3[C@H](O)[C@@H]21. The number of nitrogens with zero attached hydrogens (tertiary/aromatic N) is 3. The Bertz CT molecular complexity index is 1170. The molecule has 5 N–H and O–H groups in total. The van der Waals surface area contributed by atoms with E-state index in [9.17, 15) is 39.3 Å². The number of nitrogens with two attached hydrogens (primary N) is 1. The van der Waals surface area contributed by atoms with Gasteiger partial charge in [-0.05, 0) is 29.1 Å². The molecule has 0 saturated heterocycles. The van der Waals surface area contributed by atoms with Gasteiger partial charge in [0.1, 0.15) is 5.75 Å². The van der Waals surface area contributed by atoms with Gasteiger partial charge in [0.15, 0.2) is 34.7 Å². The standard InChI is InChI=1S/C20H18N4O8/c1-5-10-7(23-24-22)2-3-8(25)12(10)16(28)14-11(5)15(27)6-4-9(26)13(19(21)31)17(29)20(6,32)18(14)30/h2-3,5-6,11,13-15,25,27,32H,4H2,1H3,(H2,21,31)/t5-,6+,11+,13?,14?,15-,20+/m0/s1. The largest absolute Gasteiger partial charge is 0.507 e. The van der Waals surface area contributed by atoms with Crippen molar-refractivity contribution < 1.29 is 39.3 Å². The van der Waals surface area contributed by atoms with Crippen LogP contribution in [0.4, 0.5) is 5.69 Å². The van der Waals surface area contributed by atoms with Crippen molar-refractivity contribution >= 4 is 34.7 Å². The molecule has 0 bridgehead atoms. The van der Waals surface area contributed by atoms with Crippen molar-refractivity contribution in [2.75, 3.05) is 0 Å². The Kier molecular flexibility index (Phi) is 4.70. The van der Waals surface area contributed by atoms with E-state index in [1.54, 1.807) is 0 Å². The number of carbonyl (C=O) groups is 5. The first-order valence-corrected chi connectivity index (χ1v) is 9.74. The van der Waals surface area contributed by atoms with Gasteiger partial charge < -0.3 is 21.1 Å². The number of rotatable bonds is 2. The Labute approximate surface area is 179 Å². The summed E-state index contributed by atoms with van der Waals surface area (Å²) >= 11 is 0. The van der Waals surface area contributed by atoms with Gasteiger partial charge in [-0.15, -0.1) is 0 Å². The Morgan fingerprint density at radius 1 is 1.25 bits per heavy atom. The lowest BCUT2D eigenvalue weighted by Gasteiger charge is -2.53. The lowest BCUT2D eigenvalue weighted by Crippen LogP contribution is -2.72. The van der Waals surface area contributed by atoms with Crippen LogP contribution in [0, 0.1) is 23.7 Å². The molecule has 12 nitrogen and oxygen atoms in total. The van der Waals surface area contributed by atoms with Gasteiger partial charge >= 0.3 is 0 Å². The number of aliphatic hydroxyl groups excluding tert-OH is 1. The van der Waals surface area contributed by atoms with Crippen molar-refractivity contribution in [3.8, 4) is 5.75 Å². The van der Waals surface area contributed by atoms with Crippen LogP contribution in [0.5, 0.6) is 5.75 Å². The number of aromatic hydroxyl groups is 1. The van der Waals surface area contributed by atoms with Crippen molar-refractivity contribution in [3.63, 3.8) is 0 Å². The van der Waals surface area contributed by atoms with Gasteiger partial charge in [-0.3, -0.25) is 24.0 Å². The number of phenols is 1. The molecule has 3 aliphatic rings. The maximum atomic E-state index is 13.4. The molecular formula is C20H18N4O8. The lowest BCUT2D eigenvalue weighted by atomic mass is 9.50. The normalized spacial score (nSPS) is 36.0. The molecule has 0 aromatic heterocycles. The Morgan fingerprint density at radius 3 is 2.50 bits per heavy atom. The number of benzene rings is 1. The zero-order valence-electron chi connectivity index (χ0n) is 16.6. The van der Waals surface area contributed by atoms with Crippen molar-refractivity contribution in [1.29, 1.82) is 0 Å². The van der Waals surface area contributed by atoms with Gasteiger partial charge in [0.05, 0.1) is 17.6 Å². The summed E-state index contributed by atoms with van der Waals surface area (Å²) in [5, 5.41) is 36.1. The topological polar surface area (TPSA) is 221 Å². The van der Waals surface area contributed by atoms with Crippen LogP contribution in [0.1, 0.15) is 35.2 Å². The third kappa shape index (κ3) is 2.51. The Morgan fingerprint density at radius 2 is 1.91 bits per heavy atom. The molecule has 2 saturated carbocycles. The van der Waals surface area contributed by atoms with Crippen LogP contribution in [0.2, 0.25) is 0 Å². The van der Waals surface area contributed by atoms with Gasteiger partial charge in [0, 0.05) is 28.9 Å². The van der Waals surface area contributed by atoms with E-state index >= 15 is 0 Å². The minimum absolute atomic E-state index is 0.00433. The molecule has 0 radical (unpaired) electrons. The molecular weight excluding hydrogens is 424 g/mol. The summed E-state index contributed by atoms with van der Waals surface area (Å²) in [6.07, 6.45) is -2.36. The molecule has 0 aliphatic heterocycles. The fourth-order valence-corrected chi connectivity index (χ4v) is 5.55. The van der Waals surface area contributed by atoms with E-state index in [4.69, 9.17) is 11.3 Å². The average molecular weight is 442 g/mol. The van der Waals surface area contributed by atoms with Crippen LogP contribution >= 0.6 is 0 Å². The highest BCUT2D eigenvalue weighted by Crippen LogP contribution is 2.55. The summed E-state index contributed by atoms with van der Waals surface area (Å²) in [6.45, 7) is 1.53. The molecule has 0 heterocycles. The van der Waals surface area contributed by atoms with Gasteiger partial charge in [-0.25, -0.2) is 0 Å². The van der Waals surface area contributed by atoms with Crippen LogP contribution in [0.15, 0.2) is 17.2 Å². The molecule has 7 atom stereocenters. The highest BCUT2D eigenvalue weighted by Gasteiger charge is 2.69. The van der Waals surface area contributed by atoms with Gasteiger partial charge in [-0.2, -0.15) is 0 Å². The average Bonchev–Trinajstić information content (AvgIpc) is 2.72. The number of carbonyl (C=O) groups excluding carboxylic acids is 5. The summed E-state index contributed by atoms with van der Waals surface area (Å²) in [4.78, 5) is 66.3. The summed E-state index contributed by atoms with van der Waals surface area (Å²) < 4.78 is 0. The summed E-state index contributed by atoms with van der Waals surface area (Å²) in [5.74, 6) is -13.9. The number of primary amides is 1. The van der Waals surface area contributed by atoms with Gasteiger partial charge in [-0.1, -0.05) is 12.0 Å². The molecule has 2 fully saturated rings. The molecule has 0 spiro atoms. The summed E-state index contributed by atoms with van der Waals surface area (Å²) in [5.41, 5.74) is 10.8. The molecule has 166 valence electrons. The molecule has 1 aromatic carbocycles. The van der Waals surface area contributed by atoms with E-state index in [0.29, 0.717) is 0 Å². The minimum Gasteiger partial charge on any atom is -0.507 e. The van der Waals surface area contributed by atoms with E-state index in [2.05, 4.69) is 10.0 Å². The summed E-state index contributed by atoms with van der Waals surface area (Å²) in [6, 6.07) is 2.37. The van der Waals surface area contributed by atoms with E-state index in [1.165, 1.54) is 13.0 Å².